The van der Waals surface area contributed by atoms with Crippen LogP contribution in [0.4, 0.5) is 4.39 Å². The van der Waals surface area contributed by atoms with Gasteiger partial charge in [0.05, 0.1) is 23.3 Å². The Morgan fingerprint density at radius 3 is 2.61 bits per heavy atom. The quantitative estimate of drug-likeness (QED) is 0.203. The first-order chi connectivity index (χ1) is 21.0. The summed E-state index contributed by atoms with van der Waals surface area (Å²) in [6.45, 7) is 4.37. The van der Waals surface area contributed by atoms with Crippen LogP contribution in [0.1, 0.15) is 54.8 Å². The number of aryl methyl sites for hydroxylation is 1. The number of thiazole rings is 1. The van der Waals surface area contributed by atoms with E-state index in [1.165, 1.54) is 34.9 Å². The van der Waals surface area contributed by atoms with Gasteiger partial charge in [-0.2, -0.15) is 0 Å². The number of aliphatic imine (C=N–C) groups is 1. The van der Waals surface area contributed by atoms with E-state index in [2.05, 4.69) is 31.5 Å². The van der Waals surface area contributed by atoms with E-state index in [4.69, 9.17) is 14.5 Å². The summed E-state index contributed by atoms with van der Waals surface area (Å²) in [5.74, 6) is -0.312. The van der Waals surface area contributed by atoms with Crippen LogP contribution in [0.3, 0.4) is 0 Å². The number of aromatic nitrogens is 1. The molecule has 1 aromatic heterocycles. The number of allylic oxidation sites excluding steroid dienone is 1. The van der Waals surface area contributed by atoms with Gasteiger partial charge in [0.15, 0.2) is 10.8 Å². The first-order valence-electron chi connectivity index (χ1n) is 14.2. The van der Waals surface area contributed by atoms with E-state index in [0.29, 0.717) is 58.4 Å². The maximum atomic E-state index is 14.0. The zero-order valence-corrected chi connectivity index (χ0v) is 29.2. The highest BCUT2D eigenvalue weighted by atomic mass is 127. The summed E-state index contributed by atoms with van der Waals surface area (Å²) in [6.07, 6.45) is 3.05. The molecule has 2 fully saturated rings. The molecule has 0 amide bonds. The van der Waals surface area contributed by atoms with E-state index in [0.717, 1.165) is 0 Å². The second-order valence-corrected chi connectivity index (χ2v) is 17.0. The van der Waals surface area contributed by atoms with E-state index in [-0.39, 0.29) is 43.6 Å². The van der Waals surface area contributed by atoms with Crippen LogP contribution in [-0.2, 0) is 29.1 Å². The number of hydrogen-bond acceptors (Lipinski definition) is 11. The minimum absolute atomic E-state index is 0.193. The molecule has 10 nitrogen and oxygen atoms in total. The highest BCUT2D eigenvalue weighted by molar-refractivity contribution is 14.2. The van der Waals surface area contributed by atoms with Crippen molar-refractivity contribution < 1.29 is 31.9 Å². The van der Waals surface area contributed by atoms with Crippen LogP contribution >= 0.6 is 41.5 Å². The molecule has 1 N–H and O–H groups in total. The molecule has 238 valence electrons. The van der Waals surface area contributed by atoms with Crippen LogP contribution in [-0.4, -0.2) is 73.3 Å². The summed E-state index contributed by atoms with van der Waals surface area (Å²) in [7, 11) is -0.772. The zero-order valence-electron chi connectivity index (χ0n) is 24.5. The number of amidine groups is 1. The Hall–Kier alpha value is -2.08. The molecule has 44 heavy (non-hydrogen) atoms. The summed E-state index contributed by atoms with van der Waals surface area (Å²) in [4.78, 5) is 35.1. The molecule has 1 saturated carbocycles. The molecular weight excluding hydrogens is 742 g/mol. The number of sulfonamides is 1. The minimum Gasteiger partial charge on any atom is -0.466 e. The molecule has 1 saturated heterocycles. The Balaban J connectivity index is 1.36. The van der Waals surface area contributed by atoms with E-state index in [9.17, 15) is 22.4 Å². The molecule has 3 aliphatic rings. The molecule has 0 spiro atoms. The number of carbonyl (C=O) groups is 2. The Morgan fingerprint density at radius 1 is 1.27 bits per heavy atom. The van der Waals surface area contributed by atoms with Crippen molar-refractivity contribution in [2.75, 3.05) is 32.6 Å². The number of hydrogen-bond donors (Lipinski definition) is 1. The van der Waals surface area contributed by atoms with E-state index < -0.39 is 32.7 Å². The third-order valence-corrected chi connectivity index (χ3v) is 13.2. The van der Waals surface area contributed by atoms with Crippen LogP contribution < -0.4 is 5.32 Å². The van der Waals surface area contributed by atoms with Crippen molar-refractivity contribution in [1.82, 2.24) is 14.6 Å². The molecular formula is C29H34FIN4O6S3. The Kier molecular flexibility index (Phi) is 10.4. The van der Waals surface area contributed by atoms with Gasteiger partial charge in [-0.15, -0.1) is 11.3 Å². The van der Waals surface area contributed by atoms with Gasteiger partial charge in [-0.3, -0.25) is 9.79 Å². The van der Waals surface area contributed by atoms with Crippen LogP contribution in [0, 0.1) is 24.1 Å². The lowest BCUT2D eigenvalue weighted by atomic mass is 9.70. The number of piperidine rings is 1. The average Bonchev–Trinajstić information content (AvgIpc) is 3.54. The maximum absolute atomic E-state index is 14.0. The Labute approximate surface area is 276 Å². The summed E-state index contributed by atoms with van der Waals surface area (Å²) < 4.78 is 53.2. The molecule has 1 unspecified atom stereocenters. The van der Waals surface area contributed by atoms with Crippen molar-refractivity contribution >= 4 is 69.3 Å². The normalized spacial score (nSPS) is 24.7. The van der Waals surface area contributed by atoms with Crippen molar-refractivity contribution in [3.8, 4) is 0 Å². The van der Waals surface area contributed by atoms with Gasteiger partial charge in [-0.05, 0) is 84.0 Å². The lowest BCUT2D eigenvalue weighted by Crippen LogP contribution is -2.54. The summed E-state index contributed by atoms with van der Waals surface area (Å²) in [5.41, 5.74) is 1.45. The minimum atomic E-state index is -3.63. The molecule has 3 heterocycles. The van der Waals surface area contributed by atoms with Crippen molar-refractivity contribution in [2.24, 2.45) is 16.3 Å². The number of nitrogens with zero attached hydrogens (tertiary/aromatic N) is 3. The first-order valence-corrected chi connectivity index (χ1v) is 20.1. The second-order valence-electron chi connectivity index (χ2n) is 11.4. The third kappa shape index (κ3) is 6.71. The number of rotatable bonds is 10. The van der Waals surface area contributed by atoms with Gasteiger partial charge in [-0.1, -0.05) is 15.0 Å². The monoisotopic (exact) mass is 776 g/mol. The van der Waals surface area contributed by atoms with Gasteiger partial charge in [0, 0.05) is 42.0 Å². The fourth-order valence-electron chi connectivity index (χ4n) is 6.11. The topological polar surface area (TPSA) is 127 Å². The van der Waals surface area contributed by atoms with Gasteiger partial charge in [0.25, 0.3) is 0 Å². The number of esters is 2. The molecule has 2 aromatic rings. The number of ether oxygens (including phenoxy) is 2. The standard InChI is InChI=1S/C29H34FIN4O6S3/c1-17-14-19(30)4-5-21(17)24-22(27(36)40-3)23(33-25(34-24)26-32-8-12-42-26)18-6-9-35(10-7-18)44(38,39)20-15-29(2,16-20)28(37)41-11-13-43-31/h4-5,8,12,14,18,20,24H,6-7,9-11,13,15-16H2,1-3H3,(H,33,34). The van der Waals surface area contributed by atoms with Crippen LogP contribution in [0.5, 0.6) is 0 Å². The van der Waals surface area contributed by atoms with Crippen molar-refractivity contribution in [3.63, 3.8) is 0 Å². The van der Waals surface area contributed by atoms with Gasteiger partial charge < -0.3 is 14.8 Å². The highest BCUT2D eigenvalue weighted by Crippen LogP contribution is 2.47. The summed E-state index contributed by atoms with van der Waals surface area (Å²) >= 11 is 3.53. The first kappa shape index (κ1) is 33.3. The lowest BCUT2D eigenvalue weighted by molar-refractivity contribution is -0.159. The lowest BCUT2D eigenvalue weighted by Gasteiger charge is -2.45. The van der Waals surface area contributed by atoms with Crippen molar-refractivity contribution in [1.29, 1.82) is 0 Å². The number of carbonyl (C=O) groups excluding carboxylic acids is 2. The zero-order chi connectivity index (χ0) is 31.6. The van der Waals surface area contributed by atoms with Gasteiger partial charge in [0.2, 0.25) is 10.0 Å². The smallest absolute Gasteiger partial charge is 0.338 e. The summed E-state index contributed by atoms with van der Waals surface area (Å²) in [5, 5.41) is 5.17. The predicted molar refractivity (Wildman–Crippen MR) is 176 cm³/mol. The largest absolute Gasteiger partial charge is 0.466 e. The fraction of sp³-hybridized carbons (Fsp3) is 0.517. The molecule has 1 atom stereocenters. The fourth-order valence-corrected chi connectivity index (χ4v) is 9.69. The van der Waals surface area contributed by atoms with Crippen LogP contribution in [0.15, 0.2) is 46.0 Å². The van der Waals surface area contributed by atoms with Gasteiger partial charge >= 0.3 is 11.9 Å². The molecule has 2 aliphatic heterocycles. The van der Waals surface area contributed by atoms with Crippen molar-refractivity contribution in [3.05, 3.63) is 63.0 Å². The number of methoxy groups -OCH3 is 1. The predicted octanol–water partition coefficient (Wildman–Crippen LogP) is 4.95. The SMILES string of the molecule is COC(=O)C1=C(C2CCN(S(=O)(=O)C3CC(C)(C(=O)OCCSI)C3)CC2)NC(c2nccs2)=NC1c1ccc(F)cc1C. The summed E-state index contributed by atoms with van der Waals surface area (Å²) in [6, 6.07) is 3.62. The van der Waals surface area contributed by atoms with Gasteiger partial charge in [0.1, 0.15) is 18.5 Å². The molecule has 1 aliphatic carbocycles. The maximum Gasteiger partial charge on any atom is 0.338 e. The van der Waals surface area contributed by atoms with Crippen LogP contribution in [0.2, 0.25) is 0 Å². The Morgan fingerprint density at radius 2 is 2.00 bits per heavy atom. The molecule has 0 bridgehead atoms. The number of halogens is 2. The highest BCUT2D eigenvalue weighted by Gasteiger charge is 2.54. The molecule has 0 radical (unpaired) electrons. The van der Waals surface area contributed by atoms with E-state index in [1.54, 1.807) is 35.0 Å². The Bertz CT molecular complexity index is 1570. The second kappa shape index (κ2) is 13.7. The number of benzene rings is 1. The molecule has 15 heteroatoms. The van der Waals surface area contributed by atoms with E-state index >= 15 is 0 Å². The average molecular weight is 777 g/mol. The third-order valence-electron chi connectivity index (χ3n) is 8.53. The van der Waals surface area contributed by atoms with Gasteiger partial charge in [-0.25, -0.2) is 26.9 Å². The van der Waals surface area contributed by atoms with Crippen molar-refractivity contribution in [2.45, 2.75) is 50.8 Å². The van der Waals surface area contributed by atoms with E-state index in [1.807, 2.05) is 5.38 Å². The molecule has 1 aromatic carbocycles. The number of nitrogens with one attached hydrogen (secondary N) is 1. The van der Waals surface area contributed by atoms with Crippen LogP contribution in [0.25, 0.3) is 0 Å². The molecule has 5 rings (SSSR count).